The first-order chi connectivity index (χ1) is 6.77. The predicted octanol–water partition coefficient (Wildman–Crippen LogP) is 2.02. The third-order valence-corrected chi connectivity index (χ3v) is 2.86. The number of hydrogen-bond donors (Lipinski definition) is 1. The van der Waals surface area contributed by atoms with Crippen molar-refractivity contribution in [3.05, 3.63) is 28.5 Å². The van der Waals surface area contributed by atoms with E-state index in [4.69, 9.17) is 10.5 Å². The van der Waals surface area contributed by atoms with Crippen LogP contribution in [-0.4, -0.2) is 17.6 Å². The summed E-state index contributed by atoms with van der Waals surface area (Å²) in [7, 11) is 0. The molecule has 1 aliphatic heterocycles. The fourth-order valence-corrected chi connectivity index (χ4v) is 2.11. The van der Waals surface area contributed by atoms with Gasteiger partial charge in [-0.15, -0.1) is 0 Å². The molecule has 1 fully saturated rings. The van der Waals surface area contributed by atoms with Gasteiger partial charge in [0.2, 0.25) is 0 Å². The van der Waals surface area contributed by atoms with Crippen LogP contribution in [0.5, 0.6) is 0 Å². The summed E-state index contributed by atoms with van der Waals surface area (Å²) in [5.41, 5.74) is 7.05. The van der Waals surface area contributed by atoms with Crippen molar-refractivity contribution in [2.75, 3.05) is 6.61 Å². The molecule has 2 unspecified atom stereocenters. The van der Waals surface area contributed by atoms with Crippen molar-refractivity contribution in [1.29, 1.82) is 0 Å². The van der Waals surface area contributed by atoms with Gasteiger partial charge in [0.25, 0.3) is 0 Å². The van der Waals surface area contributed by atoms with Gasteiger partial charge < -0.3 is 10.5 Å². The van der Waals surface area contributed by atoms with Crippen LogP contribution in [0.15, 0.2) is 22.9 Å². The van der Waals surface area contributed by atoms with Crippen LogP contribution in [0.2, 0.25) is 0 Å². The van der Waals surface area contributed by atoms with Gasteiger partial charge in [-0.2, -0.15) is 0 Å². The first-order valence-electron chi connectivity index (χ1n) is 4.75. The number of pyridine rings is 1. The van der Waals surface area contributed by atoms with Gasteiger partial charge in [0.05, 0.1) is 6.10 Å². The lowest BCUT2D eigenvalue weighted by Crippen LogP contribution is -2.34. The summed E-state index contributed by atoms with van der Waals surface area (Å²) in [6.07, 6.45) is 5.67. The smallest absolute Gasteiger partial charge is 0.0990 e. The average Bonchev–Trinajstić information content (AvgIpc) is 2.18. The highest BCUT2D eigenvalue weighted by Crippen LogP contribution is 2.27. The van der Waals surface area contributed by atoms with E-state index in [1.165, 1.54) is 0 Å². The Morgan fingerprint density at radius 2 is 2.36 bits per heavy atom. The van der Waals surface area contributed by atoms with Crippen LogP contribution < -0.4 is 5.73 Å². The SMILES string of the molecule is NC1CCCOC1c1cncc(Br)c1. The standard InChI is InChI=1S/C10H13BrN2O/c11-8-4-7(5-13-6-8)10-9(12)2-1-3-14-10/h4-6,9-10H,1-3,12H2. The van der Waals surface area contributed by atoms with Crippen molar-refractivity contribution < 1.29 is 4.74 Å². The van der Waals surface area contributed by atoms with Crippen molar-refractivity contribution in [1.82, 2.24) is 4.98 Å². The van der Waals surface area contributed by atoms with Crippen molar-refractivity contribution in [2.24, 2.45) is 5.73 Å². The van der Waals surface area contributed by atoms with Gasteiger partial charge in [0.1, 0.15) is 0 Å². The van der Waals surface area contributed by atoms with Crippen LogP contribution in [0.1, 0.15) is 24.5 Å². The molecule has 1 saturated heterocycles. The first-order valence-corrected chi connectivity index (χ1v) is 5.54. The van der Waals surface area contributed by atoms with Crippen LogP contribution in [0.3, 0.4) is 0 Å². The van der Waals surface area contributed by atoms with Gasteiger partial charge in [0.15, 0.2) is 0 Å². The second kappa shape index (κ2) is 4.38. The average molecular weight is 257 g/mol. The van der Waals surface area contributed by atoms with Crippen LogP contribution in [0.4, 0.5) is 0 Å². The largest absolute Gasteiger partial charge is 0.372 e. The normalized spacial score (nSPS) is 27.6. The molecular weight excluding hydrogens is 244 g/mol. The highest BCUT2D eigenvalue weighted by atomic mass is 79.9. The quantitative estimate of drug-likeness (QED) is 0.837. The molecule has 0 spiro atoms. The zero-order valence-electron chi connectivity index (χ0n) is 7.82. The second-order valence-electron chi connectivity index (χ2n) is 3.53. The molecule has 0 aliphatic carbocycles. The fraction of sp³-hybridized carbons (Fsp3) is 0.500. The molecule has 1 aromatic heterocycles. The molecule has 2 N–H and O–H groups in total. The summed E-state index contributed by atoms with van der Waals surface area (Å²) in [5.74, 6) is 0. The molecule has 0 radical (unpaired) electrons. The van der Waals surface area contributed by atoms with Gasteiger partial charge in [-0.05, 0) is 34.8 Å². The Morgan fingerprint density at radius 1 is 1.50 bits per heavy atom. The summed E-state index contributed by atoms with van der Waals surface area (Å²) in [4.78, 5) is 4.11. The molecule has 0 saturated carbocycles. The Bertz CT molecular complexity index is 319. The lowest BCUT2D eigenvalue weighted by Gasteiger charge is -2.29. The molecule has 0 amide bonds. The highest BCUT2D eigenvalue weighted by molar-refractivity contribution is 9.10. The molecule has 2 heterocycles. The third-order valence-electron chi connectivity index (χ3n) is 2.42. The van der Waals surface area contributed by atoms with E-state index < -0.39 is 0 Å². The van der Waals surface area contributed by atoms with Crippen LogP contribution in [0.25, 0.3) is 0 Å². The Labute approximate surface area is 91.8 Å². The number of halogens is 1. The number of nitrogens with zero attached hydrogens (tertiary/aromatic N) is 1. The first kappa shape index (κ1) is 10.1. The molecule has 2 atom stereocenters. The minimum atomic E-state index is 0.00810. The molecule has 4 heteroatoms. The molecule has 3 nitrogen and oxygen atoms in total. The molecule has 0 bridgehead atoms. The van der Waals surface area contributed by atoms with Gasteiger partial charge in [-0.3, -0.25) is 4.98 Å². The summed E-state index contributed by atoms with van der Waals surface area (Å²) < 4.78 is 6.61. The maximum absolute atomic E-state index is 5.99. The lowest BCUT2D eigenvalue weighted by atomic mass is 9.98. The zero-order valence-corrected chi connectivity index (χ0v) is 9.40. The van der Waals surface area contributed by atoms with Crippen molar-refractivity contribution in [2.45, 2.75) is 25.0 Å². The molecule has 76 valence electrons. The Morgan fingerprint density at radius 3 is 3.07 bits per heavy atom. The minimum Gasteiger partial charge on any atom is -0.372 e. The Kier molecular flexibility index (Phi) is 3.15. The summed E-state index contributed by atoms with van der Waals surface area (Å²) in [6, 6.07) is 2.11. The van der Waals surface area contributed by atoms with E-state index in [0.29, 0.717) is 0 Å². The Balaban J connectivity index is 2.20. The van der Waals surface area contributed by atoms with E-state index >= 15 is 0 Å². The molecule has 0 aromatic carbocycles. The van der Waals surface area contributed by atoms with E-state index in [1.807, 2.05) is 12.3 Å². The number of aromatic nitrogens is 1. The van der Waals surface area contributed by atoms with E-state index in [2.05, 4.69) is 20.9 Å². The van der Waals surface area contributed by atoms with Crippen LogP contribution >= 0.6 is 15.9 Å². The maximum atomic E-state index is 5.99. The van der Waals surface area contributed by atoms with E-state index in [1.54, 1.807) is 6.20 Å². The van der Waals surface area contributed by atoms with Crippen LogP contribution in [0, 0.1) is 0 Å². The predicted molar refractivity (Wildman–Crippen MR) is 57.8 cm³/mol. The zero-order chi connectivity index (χ0) is 9.97. The summed E-state index contributed by atoms with van der Waals surface area (Å²) in [5, 5.41) is 0. The monoisotopic (exact) mass is 256 g/mol. The Hall–Kier alpha value is -0.450. The van der Waals surface area contributed by atoms with E-state index in [-0.39, 0.29) is 12.1 Å². The summed E-state index contributed by atoms with van der Waals surface area (Å²) in [6.45, 7) is 0.797. The maximum Gasteiger partial charge on any atom is 0.0990 e. The van der Waals surface area contributed by atoms with Gasteiger partial charge in [-0.1, -0.05) is 0 Å². The molecule has 1 aliphatic rings. The van der Waals surface area contributed by atoms with Crippen molar-refractivity contribution in [3.63, 3.8) is 0 Å². The minimum absolute atomic E-state index is 0.00810. The summed E-state index contributed by atoms with van der Waals surface area (Å²) >= 11 is 3.39. The van der Waals surface area contributed by atoms with Crippen molar-refractivity contribution >= 4 is 15.9 Å². The van der Waals surface area contributed by atoms with Gasteiger partial charge >= 0.3 is 0 Å². The number of ether oxygens (including phenoxy) is 1. The van der Waals surface area contributed by atoms with E-state index in [0.717, 1.165) is 29.5 Å². The van der Waals surface area contributed by atoms with Gasteiger partial charge in [-0.25, -0.2) is 0 Å². The van der Waals surface area contributed by atoms with Crippen LogP contribution in [-0.2, 0) is 4.74 Å². The molecule has 2 rings (SSSR count). The number of hydrogen-bond acceptors (Lipinski definition) is 3. The number of rotatable bonds is 1. The highest BCUT2D eigenvalue weighted by Gasteiger charge is 2.24. The molecular formula is C10H13BrN2O. The third kappa shape index (κ3) is 2.13. The molecule has 14 heavy (non-hydrogen) atoms. The number of nitrogens with two attached hydrogens (primary N) is 1. The van der Waals surface area contributed by atoms with Gasteiger partial charge in [0, 0.05) is 35.1 Å². The van der Waals surface area contributed by atoms with Crippen molar-refractivity contribution in [3.8, 4) is 0 Å². The molecule has 1 aromatic rings. The fourth-order valence-electron chi connectivity index (χ4n) is 1.73. The lowest BCUT2D eigenvalue weighted by molar-refractivity contribution is -0.0000825. The van der Waals surface area contributed by atoms with E-state index in [9.17, 15) is 0 Å². The second-order valence-corrected chi connectivity index (χ2v) is 4.45. The topological polar surface area (TPSA) is 48.1 Å².